The zero-order valence-electron chi connectivity index (χ0n) is 11.8. The van der Waals surface area contributed by atoms with Crippen molar-refractivity contribution in [2.75, 3.05) is 0 Å². The van der Waals surface area contributed by atoms with Crippen molar-refractivity contribution in [1.82, 2.24) is 15.0 Å². The molecule has 4 heteroatoms. The van der Waals surface area contributed by atoms with Gasteiger partial charge in [0.2, 0.25) is 0 Å². The molecule has 1 aliphatic rings. The maximum absolute atomic E-state index is 6.01. The molecule has 0 radical (unpaired) electrons. The van der Waals surface area contributed by atoms with Crippen molar-refractivity contribution in [3.05, 3.63) is 48.5 Å². The Balaban J connectivity index is 1.72. The molecular formula is C17H18N4. The summed E-state index contributed by atoms with van der Waals surface area (Å²) < 4.78 is 0. The predicted molar refractivity (Wildman–Crippen MR) is 83.9 cm³/mol. The second kappa shape index (κ2) is 4.97. The molecule has 0 aliphatic heterocycles. The largest absolute Gasteiger partial charge is 0.342 e. The van der Waals surface area contributed by atoms with Crippen LogP contribution in [0.25, 0.3) is 22.2 Å². The summed E-state index contributed by atoms with van der Waals surface area (Å²) in [5, 5.41) is 0. The molecule has 1 aromatic carbocycles. The Bertz CT molecular complexity index is 763. The van der Waals surface area contributed by atoms with Crippen molar-refractivity contribution in [3.63, 3.8) is 0 Å². The van der Waals surface area contributed by atoms with Crippen molar-refractivity contribution in [2.45, 2.75) is 31.2 Å². The van der Waals surface area contributed by atoms with Gasteiger partial charge in [-0.1, -0.05) is 6.07 Å². The van der Waals surface area contributed by atoms with Gasteiger partial charge in [0.25, 0.3) is 0 Å². The van der Waals surface area contributed by atoms with E-state index in [1.165, 1.54) is 11.1 Å². The van der Waals surface area contributed by atoms with Gasteiger partial charge in [0, 0.05) is 24.4 Å². The second-order valence-electron chi connectivity index (χ2n) is 5.86. The van der Waals surface area contributed by atoms with E-state index in [1.54, 1.807) is 0 Å². The zero-order valence-corrected chi connectivity index (χ0v) is 11.8. The number of hydrogen-bond acceptors (Lipinski definition) is 3. The van der Waals surface area contributed by atoms with Crippen LogP contribution in [0.1, 0.15) is 31.0 Å². The van der Waals surface area contributed by atoms with Crippen LogP contribution in [0.4, 0.5) is 0 Å². The van der Waals surface area contributed by atoms with Gasteiger partial charge in [-0.05, 0) is 54.7 Å². The highest BCUT2D eigenvalue weighted by molar-refractivity contribution is 5.82. The molecule has 2 atom stereocenters. The van der Waals surface area contributed by atoms with Gasteiger partial charge in [0.1, 0.15) is 5.82 Å². The minimum atomic E-state index is 0.329. The first-order valence-electron chi connectivity index (χ1n) is 7.45. The highest BCUT2D eigenvalue weighted by Crippen LogP contribution is 2.33. The van der Waals surface area contributed by atoms with E-state index in [1.807, 2.05) is 24.5 Å². The monoisotopic (exact) mass is 278 g/mol. The number of aromatic amines is 1. The van der Waals surface area contributed by atoms with E-state index < -0.39 is 0 Å². The molecular weight excluding hydrogens is 260 g/mol. The summed E-state index contributed by atoms with van der Waals surface area (Å²) in [4.78, 5) is 12.3. The van der Waals surface area contributed by atoms with Crippen LogP contribution in [0, 0.1) is 0 Å². The maximum Gasteiger partial charge on any atom is 0.110 e. The first-order valence-corrected chi connectivity index (χ1v) is 7.45. The van der Waals surface area contributed by atoms with Crippen LogP contribution in [-0.2, 0) is 0 Å². The number of nitrogens with two attached hydrogens (primary N) is 1. The van der Waals surface area contributed by atoms with Crippen molar-refractivity contribution in [2.24, 2.45) is 5.73 Å². The first kappa shape index (κ1) is 12.5. The zero-order chi connectivity index (χ0) is 14.2. The van der Waals surface area contributed by atoms with Gasteiger partial charge in [0.15, 0.2) is 0 Å². The average molecular weight is 278 g/mol. The average Bonchev–Trinajstić information content (AvgIpc) is 3.13. The summed E-state index contributed by atoms with van der Waals surface area (Å²) in [5.41, 5.74) is 10.5. The van der Waals surface area contributed by atoms with Crippen LogP contribution in [0.2, 0.25) is 0 Å². The van der Waals surface area contributed by atoms with Gasteiger partial charge in [0.05, 0.1) is 11.0 Å². The Hall–Kier alpha value is -2.20. The summed E-state index contributed by atoms with van der Waals surface area (Å²) in [7, 11) is 0. The number of fused-ring (bicyclic) bond motifs is 1. The van der Waals surface area contributed by atoms with E-state index in [0.717, 1.165) is 36.1 Å². The van der Waals surface area contributed by atoms with Gasteiger partial charge in [-0.15, -0.1) is 0 Å². The lowest BCUT2D eigenvalue weighted by Gasteiger charge is -2.04. The molecule has 0 unspecified atom stereocenters. The number of nitrogens with one attached hydrogen (secondary N) is 1. The van der Waals surface area contributed by atoms with Crippen LogP contribution in [0.15, 0.2) is 42.7 Å². The minimum Gasteiger partial charge on any atom is -0.342 e. The highest BCUT2D eigenvalue weighted by Gasteiger charge is 2.25. The van der Waals surface area contributed by atoms with Crippen molar-refractivity contribution >= 4 is 11.0 Å². The number of nitrogens with zero attached hydrogens (tertiary/aromatic N) is 2. The summed E-state index contributed by atoms with van der Waals surface area (Å²) >= 11 is 0. The van der Waals surface area contributed by atoms with E-state index in [4.69, 9.17) is 10.7 Å². The Morgan fingerprint density at radius 1 is 1.05 bits per heavy atom. The van der Waals surface area contributed by atoms with E-state index in [9.17, 15) is 0 Å². The van der Waals surface area contributed by atoms with E-state index in [-0.39, 0.29) is 0 Å². The smallest absolute Gasteiger partial charge is 0.110 e. The highest BCUT2D eigenvalue weighted by atomic mass is 14.9. The number of hydrogen-bond donors (Lipinski definition) is 2. The third kappa shape index (κ3) is 2.32. The van der Waals surface area contributed by atoms with Crippen molar-refractivity contribution in [3.8, 4) is 11.1 Å². The predicted octanol–water partition coefficient (Wildman–Crippen LogP) is 3.22. The van der Waals surface area contributed by atoms with Gasteiger partial charge < -0.3 is 10.7 Å². The molecule has 0 saturated heterocycles. The Labute approximate surface area is 123 Å². The summed E-state index contributed by atoms with van der Waals surface area (Å²) in [6, 6.07) is 10.7. The molecule has 4 rings (SSSR count). The standard InChI is InChI=1S/C17H18N4/c18-14-3-1-13(9-14)17-20-15-4-2-12(10-16(15)21-17)11-5-7-19-8-6-11/h2,4-8,10,13-14H,1,3,9,18H2,(H,20,21)/t13-,14+/m0/s1. The van der Waals surface area contributed by atoms with Gasteiger partial charge in [-0.3, -0.25) is 4.98 Å². The first-order chi connectivity index (χ1) is 10.3. The molecule has 3 aromatic rings. The van der Waals surface area contributed by atoms with Crippen LogP contribution in [0.3, 0.4) is 0 Å². The molecule has 0 amide bonds. The lowest BCUT2D eigenvalue weighted by Crippen LogP contribution is -2.14. The molecule has 21 heavy (non-hydrogen) atoms. The molecule has 2 heterocycles. The lowest BCUT2D eigenvalue weighted by atomic mass is 10.1. The SMILES string of the molecule is N[C@@H]1CC[C@H](c2nc3ccc(-c4ccncc4)cc3[nH]2)C1. The summed E-state index contributed by atoms with van der Waals surface area (Å²) in [6.45, 7) is 0. The molecule has 106 valence electrons. The van der Waals surface area contributed by atoms with Gasteiger partial charge in [-0.25, -0.2) is 4.98 Å². The number of imidazole rings is 1. The molecule has 2 aromatic heterocycles. The number of benzene rings is 1. The fourth-order valence-electron chi connectivity index (χ4n) is 3.21. The number of rotatable bonds is 2. The molecule has 0 bridgehead atoms. The molecule has 3 N–H and O–H groups in total. The Morgan fingerprint density at radius 3 is 2.67 bits per heavy atom. The number of aromatic nitrogens is 3. The van der Waals surface area contributed by atoms with Gasteiger partial charge in [-0.2, -0.15) is 0 Å². The third-order valence-corrected chi connectivity index (χ3v) is 4.37. The topological polar surface area (TPSA) is 67.6 Å². The van der Waals surface area contributed by atoms with E-state index >= 15 is 0 Å². The van der Waals surface area contributed by atoms with Crippen LogP contribution in [0.5, 0.6) is 0 Å². The summed E-state index contributed by atoms with van der Waals surface area (Å²) in [5.74, 6) is 1.57. The third-order valence-electron chi connectivity index (χ3n) is 4.37. The van der Waals surface area contributed by atoms with Crippen LogP contribution < -0.4 is 5.73 Å². The molecule has 1 fully saturated rings. The van der Waals surface area contributed by atoms with Crippen molar-refractivity contribution in [1.29, 1.82) is 0 Å². The molecule has 0 spiro atoms. The molecule has 4 nitrogen and oxygen atoms in total. The summed E-state index contributed by atoms with van der Waals surface area (Å²) in [6.07, 6.45) is 6.91. The quantitative estimate of drug-likeness (QED) is 0.756. The maximum atomic E-state index is 6.01. The van der Waals surface area contributed by atoms with Crippen LogP contribution >= 0.6 is 0 Å². The van der Waals surface area contributed by atoms with Gasteiger partial charge >= 0.3 is 0 Å². The lowest BCUT2D eigenvalue weighted by molar-refractivity contribution is 0.651. The normalized spacial score (nSPS) is 22.0. The molecule has 1 aliphatic carbocycles. The fraction of sp³-hybridized carbons (Fsp3) is 0.294. The Morgan fingerprint density at radius 2 is 1.90 bits per heavy atom. The fourth-order valence-corrected chi connectivity index (χ4v) is 3.21. The number of pyridine rings is 1. The number of H-pyrrole nitrogens is 1. The molecule has 1 saturated carbocycles. The van der Waals surface area contributed by atoms with Crippen molar-refractivity contribution < 1.29 is 0 Å². The Kier molecular flexibility index (Phi) is 2.97. The van der Waals surface area contributed by atoms with E-state index in [2.05, 4.69) is 28.2 Å². The van der Waals surface area contributed by atoms with Crippen LogP contribution in [-0.4, -0.2) is 21.0 Å². The van der Waals surface area contributed by atoms with E-state index in [0.29, 0.717) is 12.0 Å². The minimum absolute atomic E-state index is 0.329. The second-order valence-corrected chi connectivity index (χ2v) is 5.86.